The molecular formula is C14H27NO4S. The quantitative estimate of drug-likeness (QED) is 0.716. The third kappa shape index (κ3) is 5.68. The Labute approximate surface area is 122 Å². The third-order valence-electron chi connectivity index (χ3n) is 3.89. The van der Waals surface area contributed by atoms with Crippen LogP contribution in [0.25, 0.3) is 0 Å². The summed E-state index contributed by atoms with van der Waals surface area (Å²) in [6.45, 7) is 5.97. The van der Waals surface area contributed by atoms with Gasteiger partial charge in [-0.1, -0.05) is 6.92 Å². The molecule has 0 aromatic carbocycles. The molecule has 2 heterocycles. The normalized spacial score (nSPS) is 31.9. The Balaban J connectivity index is 1.63. The molecule has 0 radical (unpaired) electrons. The molecule has 118 valence electrons. The van der Waals surface area contributed by atoms with Gasteiger partial charge in [0.15, 0.2) is 16.1 Å². The van der Waals surface area contributed by atoms with Gasteiger partial charge < -0.3 is 14.4 Å². The van der Waals surface area contributed by atoms with Crippen LogP contribution in [0, 0.1) is 5.92 Å². The second kappa shape index (κ2) is 7.73. The summed E-state index contributed by atoms with van der Waals surface area (Å²) in [5.41, 5.74) is 0. The predicted octanol–water partition coefficient (Wildman–Crippen LogP) is 1.29. The summed E-state index contributed by atoms with van der Waals surface area (Å²) in [6, 6.07) is 0. The summed E-state index contributed by atoms with van der Waals surface area (Å²) < 4.78 is 34.6. The Hall–Kier alpha value is -0.170. The minimum atomic E-state index is -2.84. The van der Waals surface area contributed by atoms with E-state index < -0.39 is 9.84 Å². The first-order valence-electron chi connectivity index (χ1n) is 7.71. The molecule has 0 N–H and O–H groups in total. The summed E-state index contributed by atoms with van der Waals surface area (Å²) in [4.78, 5) is 2.25. The molecule has 0 bridgehead atoms. The number of rotatable bonds is 5. The van der Waals surface area contributed by atoms with Crippen molar-refractivity contribution in [1.29, 1.82) is 0 Å². The molecule has 0 aromatic heterocycles. The molecule has 2 rings (SSSR count). The van der Waals surface area contributed by atoms with Crippen molar-refractivity contribution in [3.8, 4) is 0 Å². The molecule has 20 heavy (non-hydrogen) atoms. The molecule has 0 saturated carbocycles. The SMILES string of the molecule is CC1CN(CCCOC2CCCCO2)CCS(=O)(=O)C1. The Morgan fingerprint density at radius 3 is 2.95 bits per heavy atom. The molecule has 2 aliphatic rings. The van der Waals surface area contributed by atoms with Crippen molar-refractivity contribution in [3.05, 3.63) is 0 Å². The molecule has 2 atom stereocenters. The van der Waals surface area contributed by atoms with E-state index in [9.17, 15) is 8.42 Å². The predicted molar refractivity (Wildman–Crippen MR) is 78.4 cm³/mol. The highest BCUT2D eigenvalue weighted by atomic mass is 32.2. The van der Waals surface area contributed by atoms with Crippen LogP contribution in [-0.2, 0) is 19.3 Å². The Bertz CT molecular complexity index is 379. The van der Waals surface area contributed by atoms with Crippen LogP contribution in [-0.4, -0.2) is 64.0 Å². The van der Waals surface area contributed by atoms with Crippen LogP contribution < -0.4 is 0 Å². The van der Waals surface area contributed by atoms with E-state index in [-0.39, 0.29) is 12.2 Å². The van der Waals surface area contributed by atoms with E-state index in [1.54, 1.807) is 0 Å². The van der Waals surface area contributed by atoms with Gasteiger partial charge in [-0.05, 0) is 31.6 Å². The van der Waals surface area contributed by atoms with Crippen molar-refractivity contribution in [2.45, 2.75) is 38.9 Å². The summed E-state index contributed by atoms with van der Waals surface area (Å²) in [5.74, 6) is 0.852. The maximum atomic E-state index is 11.7. The van der Waals surface area contributed by atoms with E-state index in [4.69, 9.17) is 9.47 Å². The molecule has 6 heteroatoms. The molecule has 0 amide bonds. The molecule has 2 fully saturated rings. The first-order chi connectivity index (χ1) is 9.55. The molecule has 2 aliphatic heterocycles. The molecule has 0 aliphatic carbocycles. The first-order valence-corrected chi connectivity index (χ1v) is 9.53. The standard InChI is InChI=1S/C14H27NO4S/c1-13-11-15(7-10-20(16,17)12-13)6-4-9-19-14-5-2-3-8-18-14/h13-14H,2-12H2,1H3. The van der Waals surface area contributed by atoms with Gasteiger partial charge in [-0.25, -0.2) is 8.42 Å². The minimum Gasteiger partial charge on any atom is -0.353 e. The van der Waals surface area contributed by atoms with Crippen molar-refractivity contribution in [3.63, 3.8) is 0 Å². The lowest BCUT2D eigenvalue weighted by Crippen LogP contribution is -2.31. The van der Waals surface area contributed by atoms with E-state index in [2.05, 4.69) is 4.90 Å². The zero-order valence-electron chi connectivity index (χ0n) is 12.4. The largest absolute Gasteiger partial charge is 0.353 e. The number of ether oxygens (including phenoxy) is 2. The van der Waals surface area contributed by atoms with Gasteiger partial charge in [0.25, 0.3) is 0 Å². The summed E-state index contributed by atoms with van der Waals surface area (Å²) in [6.07, 6.45) is 4.24. The van der Waals surface area contributed by atoms with Gasteiger partial charge in [0.05, 0.1) is 18.1 Å². The van der Waals surface area contributed by atoms with Crippen molar-refractivity contribution >= 4 is 9.84 Å². The highest BCUT2D eigenvalue weighted by molar-refractivity contribution is 7.91. The van der Waals surface area contributed by atoms with Gasteiger partial charge in [-0.15, -0.1) is 0 Å². The van der Waals surface area contributed by atoms with E-state index in [0.29, 0.717) is 24.7 Å². The average Bonchev–Trinajstić information content (AvgIpc) is 2.53. The topological polar surface area (TPSA) is 55.8 Å². The summed E-state index contributed by atoms with van der Waals surface area (Å²) in [7, 11) is -2.84. The fourth-order valence-corrected chi connectivity index (χ4v) is 4.59. The molecule has 0 spiro atoms. The highest BCUT2D eigenvalue weighted by Crippen LogP contribution is 2.14. The Morgan fingerprint density at radius 2 is 2.20 bits per heavy atom. The average molecular weight is 305 g/mol. The van der Waals surface area contributed by atoms with Crippen LogP contribution in [0.15, 0.2) is 0 Å². The second-order valence-electron chi connectivity index (χ2n) is 6.04. The molecular weight excluding hydrogens is 278 g/mol. The van der Waals surface area contributed by atoms with Gasteiger partial charge in [0.1, 0.15) is 0 Å². The van der Waals surface area contributed by atoms with Crippen molar-refractivity contribution in [2.24, 2.45) is 5.92 Å². The minimum absolute atomic E-state index is 0.0211. The second-order valence-corrected chi connectivity index (χ2v) is 8.27. The van der Waals surface area contributed by atoms with E-state index in [0.717, 1.165) is 39.0 Å². The summed E-state index contributed by atoms with van der Waals surface area (Å²) in [5, 5.41) is 0. The van der Waals surface area contributed by atoms with E-state index >= 15 is 0 Å². The van der Waals surface area contributed by atoms with Crippen LogP contribution in [0.2, 0.25) is 0 Å². The zero-order valence-corrected chi connectivity index (χ0v) is 13.2. The third-order valence-corrected chi connectivity index (χ3v) is 5.77. The lowest BCUT2D eigenvalue weighted by molar-refractivity contribution is -0.163. The van der Waals surface area contributed by atoms with Crippen LogP contribution in [0.3, 0.4) is 0 Å². The lowest BCUT2D eigenvalue weighted by Gasteiger charge is -2.24. The van der Waals surface area contributed by atoms with Crippen molar-refractivity contribution < 1.29 is 17.9 Å². The lowest BCUT2D eigenvalue weighted by atomic mass is 10.2. The Morgan fingerprint density at radius 1 is 1.35 bits per heavy atom. The van der Waals surface area contributed by atoms with Crippen molar-refractivity contribution in [2.75, 3.05) is 44.4 Å². The zero-order chi connectivity index (χ0) is 14.4. The fourth-order valence-electron chi connectivity index (χ4n) is 2.92. The fraction of sp³-hybridized carbons (Fsp3) is 1.00. The van der Waals surface area contributed by atoms with Gasteiger partial charge in [-0.3, -0.25) is 0 Å². The van der Waals surface area contributed by atoms with E-state index in [1.807, 2.05) is 6.92 Å². The van der Waals surface area contributed by atoms with Crippen LogP contribution in [0.1, 0.15) is 32.6 Å². The van der Waals surface area contributed by atoms with Crippen LogP contribution in [0.5, 0.6) is 0 Å². The molecule has 5 nitrogen and oxygen atoms in total. The molecule has 0 aromatic rings. The smallest absolute Gasteiger partial charge is 0.157 e. The van der Waals surface area contributed by atoms with Gasteiger partial charge in [-0.2, -0.15) is 0 Å². The van der Waals surface area contributed by atoms with Crippen LogP contribution >= 0.6 is 0 Å². The van der Waals surface area contributed by atoms with E-state index in [1.165, 1.54) is 6.42 Å². The first kappa shape index (κ1) is 16.2. The number of hydrogen-bond acceptors (Lipinski definition) is 5. The number of nitrogens with zero attached hydrogens (tertiary/aromatic N) is 1. The number of hydrogen-bond donors (Lipinski definition) is 0. The maximum Gasteiger partial charge on any atom is 0.157 e. The molecule has 2 saturated heterocycles. The van der Waals surface area contributed by atoms with Gasteiger partial charge >= 0.3 is 0 Å². The molecule has 2 unspecified atom stereocenters. The van der Waals surface area contributed by atoms with Gasteiger partial charge in [0.2, 0.25) is 0 Å². The number of sulfone groups is 1. The monoisotopic (exact) mass is 305 g/mol. The summed E-state index contributed by atoms with van der Waals surface area (Å²) >= 11 is 0. The van der Waals surface area contributed by atoms with Gasteiger partial charge in [0, 0.05) is 26.2 Å². The highest BCUT2D eigenvalue weighted by Gasteiger charge is 2.23. The maximum absolute atomic E-state index is 11.7. The Kier molecular flexibility index (Phi) is 6.26. The van der Waals surface area contributed by atoms with Crippen LogP contribution in [0.4, 0.5) is 0 Å². The van der Waals surface area contributed by atoms with Crippen molar-refractivity contribution in [1.82, 2.24) is 4.90 Å².